The van der Waals surface area contributed by atoms with Crippen LogP contribution in [0.25, 0.3) is 0 Å². The van der Waals surface area contributed by atoms with E-state index in [1.54, 1.807) is 0 Å². The molecule has 118 valence electrons. The van der Waals surface area contributed by atoms with E-state index in [-0.39, 0.29) is 18.4 Å². The van der Waals surface area contributed by atoms with Gasteiger partial charge >= 0.3 is 0 Å². The quantitative estimate of drug-likeness (QED) is 0.811. The Labute approximate surface area is 123 Å². The number of aliphatic hydroxyl groups excluding tert-OH is 1. The van der Waals surface area contributed by atoms with Crippen LogP contribution in [0.2, 0.25) is 0 Å². The summed E-state index contributed by atoms with van der Waals surface area (Å²) in [6, 6.07) is 0.133. The van der Waals surface area contributed by atoms with Crippen LogP contribution in [0.5, 0.6) is 0 Å². The molecule has 1 heterocycles. The molecule has 0 spiro atoms. The summed E-state index contributed by atoms with van der Waals surface area (Å²) >= 11 is 0. The van der Waals surface area contributed by atoms with E-state index in [4.69, 9.17) is 0 Å². The first-order valence-corrected chi connectivity index (χ1v) is 9.91. The summed E-state index contributed by atoms with van der Waals surface area (Å²) in [5, 5.41) is 9.26. The van der Waals surface area contributed by atoms with Crippen LogP contribution in [0, 0.1) is 11.8 Å². The van der Waals surface area contributed by atoms with Crippen LogP contribution in [-0.4, -0.2) is 55.7 Å². The zero-order valence-electron chi connectivity index (χ0n) is 12.6. The highest BCUT2D eigenvalue weighted by Gasteiger charge is 2.33. The van der Waals surface area contributed by atoms with E-state index in [0.29, 0.717) is 18.2 Å². The average molecular weight is 303 g/mol. The summed E-state index contributed by atoms with van der Waals surface area (Å²) in [6.45, 7) is 3.98. The van der Waals surface area contributed by atoms with E-state index >= 15 is 0 Å². The van der Waals surface area contributed by atoms with Crippen molar-refractivity contribution in [2.45, 2.75) is 51.5 Å². The SMILES string of the molecule is CCC1CCCC(CN(CCO)C2CCS(=O)(=O)C2)C1. The summed E-state index contributed by atoms with van der Waals surface area (Å²) in [4.78, 5) is 2.24. The van der Waals surface area contributed by atoms with Crippen LogP contribution in [0.3, 0.4) is 0 Å². The minimum absolute atomic E-state index is 0.125. The molecule has 2 rings (SSSR count). The van der Waals surface area contributed by atoms with Gasteiger partial charge in [-0.2, -0.15) is 0 Å². The zero-order valence-corrected chi connectivity index (χ0v) is 13.4. The number of hydrogen-bond acceptors (Lipinski definition) is 4. The second kappa shape index (κ2) is 7.23. The third kappa shape index (κ3) is 4.43. The Bertz CT molecular complexity index is 396. The molecular weight excluding hydrogens is 274 g/mol. The van der Waals surface area contributed by atoms with Gasteiger partial charge in [-0.15, -0.1) is 0 Å². The van der Waals surface area contributed by atoms with Crippen molar-refractivity contribution in [1.29, 1.82) is 0 Å². The lowest BCUT2D eigenvalue weighted by Gasteiger charge is -2.35. The summed E-state index contributed by atoms with van der Waals surface area (Å²) < 4.78 is 23.3. The van der Waals surface area contributed by atoms with Gasteiger partial charge in [-0.25, -0.2) is 8.42 Å². The maximum atomic E-state index is 11.7. The minimum Gasteiger partial charge on any atom is -0.395 e. The Morgan fingerprint density at radius 3 is 2.55 bits per heavy atom. The molecule has 1 saturated heterocycles. The molecule has 0 aromatic carbocycles. The van der Waals surface area contributed by atoms with Crippen molar-refractivity contribution in [1.82, 2.24) is 4.90 Å². The molecule has 3 atom stereocenters. The number of sulfone groups is 1. The highest BCUT2D eigenvalue weighted by atomic mass is 32.2. The Hall–Kier alpha value is -0.130. The first-order chi connectivity index (χ1) is 9.54. The van der Waals surface area contributed by atoms with Crippen LogP contribution in [0.1, 0.15) is 45.4 Å². The zero-order chi connectivity index (χ0) is 14.6. The van der Waals surface area contributed by atoms with Gasteiger partial charge in [0.15, 0.2) is 9.84 Å². The molecule has 1 N–H and O–H groups in total. The molecule has 2 aliphatic rings. The predicted octanol–water partition coefficient (Wildman–Crippen LogP) is 1.68. The largest absolute Gasteiger partial charge is 0.395 e. The third-order valence-electron chi connectivity index (χ3n) is 5.07. The van der Waals surface area contributed by atoms with E-state index in [1.807, 2.05) is 0 Å². The molecule has 4 nitrogen and oxygen atoms in total. The molecule has 0 radical (unpaired) electrons. The van der Waals surface area contributed by atoms with Crippen molar-refractivity contribution in [3.8, 4) is 0 Å². The smallest absolute Gasteiger partial charge is 0.151 e. The van der Waals surface area contributed by atoms with Gasteiger partial charge < -0.3 is 5.11 Å². The van der Waals surface area contributed by atoms with Crippen molar-refractivity contribution >= 4 is 9.84 Å². The van der Waals surface area contributed by atoms with Gasteiger partial charge in [-0.05, 0) is 31.1 Å². The molecule has 0 bridgehead atoms. The fourth-order valence-electron chi connectivity index (χ4n) is 3.89. The van der Waals surface area contributed by atoms with Gasteiger partial charge in [0.2, 0.25) is 0 Å². The molecule has 1 saturated carbocycles. The summed E-state index contributed by atoms with van der Waals surface area (Å²) in [5.41, 5.74) is 0. The van der Waals surface area contributed by atoms with Gasteiger partial charge in [0.1, 0.15) is 0 Å². The number of nitrogens with zero attached hydrogens (tertiary/aromatic N) is 1. The highest BCUT2D eigenvalue weighted by Crippen LogP contribution is 2.32. The molecule has 1 aliphatic carbocycles. The van der Waals surface area contributed by atoms with Crippen LogP contribution in [-0.2, 0) is 9.84 Å². The summed E-state index contributed by atoms with van der Waals surface area (Å²) in [5.74, 6) is 2.14. The second-order valence-corrected chi connectivity index (χ2v) is 8.81. The molecule has 3 unspecified atom stereocenters. The van der Waals surface area contributed by atoms with Crippen molar-refractivity contribution in [3.63, 3.8) is 0 Å². The van der Waals surface area contributed by atoms with Crippen LogP contribution in [0.4, 0.5) is 0 Å². The van der Waals surface area contributed by atoms with Crippen LogP contribution in [0.15, 0.2) is 0 Å². The van der Waals surface area contributed by atoms with E-state index in [2.05, 4.69) is 11.8 Å². The average Bonchev–Trinajstić information content (AvgIpc) is 2.79. The molecule has 1 aliphatic heterocycles. The van der Waals surface area contributed by atoms with Gasteiger partial charge in [0, 0.05) is 19.1 Å². The molecule has 5 heteroatoms. The van der Waals surface area contributed by atoms with Crippen LogP contribution >= 0.6 is 0 Å². The van der Waals surface area contributed by atoms with Crippen molar-refractivity contribution < 1.29 is 13.5 Å². The van der Waals surface area contributed by atoms with Crippen molar-refractivity contribution in [2.24, 2.45) is 11.8 Å². The lowest BCUT2D eigenvalue weighted by Crippen LogP contribution is -2.42. The fourth-order valence-corrected chi connectivity index (χ4v) is 5.65. The van der Waals surface area contributed by atoms with E-state index in [1.165, 1.54) is 32.1 Å². The first-order valence-electron chi connectivity index (χ1n) is 8.09. The number of hydrogen-bond donors (Lipinski definition) is 1. The van der Waals surface area contributed by atoms with E-state index < -0.39 is 9.84 Å². The molecule has 0 aromatic rings. The maximum Gasteiger partial charge on any atom is 0.151 e. The third-order valence-corrected chi connectivity index (χ3v) is 6.82. The van der Waals surface area contributed by atoms with Gasteiger partial charge in [0.25, 0.3) is 0 Å². The van der Waals surface area contributed by atoms with Crippen molar-refractivity contribution in [3.05, 3.63) is 0 Å². The minimum atomic E-state index is -2.84. The topological polar surface area (TPSA) is 57.6 Å². The predicted molar refractivity (Wildman–Crippen MR) is 81.5 cm³/mol. The summed E-state index contributed by atoms with van der Waals surface area (Å²) in [6.07, 6.45) is 7.19. The molecular formula is C15H29NO3S. The summed E-state index contributed by atoms with van der Waals surface area (Å²) in [7, 11) is -2.84. The first kappa shape index (κ1) is 16.2. The molecule has 0 aromatic heterocycles. The fraction of sp³-hybridized carbons (Fsp3) is 1.00. The van der Waals surface area contributed by atoms with E-state index in [9.17, 15) is 13.5 Å². The second-order valence-electron chi connectivity index (χ2n) is 6.58. The highest BCUT2D eigenvalue weighted by molar-refractivity contribution is 7.91. The Balaban J connectivity index is 1.92. The maximum absolute atomic E-state index is 11.7. The molecule has 20 heavy (non-hydrogen) atoms. The standard InChI is InChI=1S/C15H29NO3S/c1-2-13-4-3-5-14(10-13)11-16(7-8-17)15-6-9-20(18,19)12-15/h13-15,17H,2-12H2,1H3. The normalized spacial score (nSPS) is 33.6. The van der Waals surface area contributed by atoms with Crippen molar-refractivity contribution in [2.75, 3.05) is 31.2 Å². The Morgan fingerprint density at radius 2 is 1.95 bits per heavy atom. The Kier molecular flexibility index (Phi) is 5.87. The monoisotopic (exact) mass is 303 g/mol. The number of rotatable bonds is 6. The van der Waals surface area contributed by atoms with Gasteiger partial charge in [-0.3, -0.25) is 4.90 Å². The number of aliphatic hydroxyl groups is 1. The lowest BCUT2D eigenvalue weighted by atomic mass is 9.80. The van der Waals surface area contributed by atoms with Gasteiger partial charge in [0.05, 0.1) is 18.1 Å². The molecule has 2 fully saturated rings. The van der Waals surface area contributed by atoms with Gasteiger partial charge in [-0.1, -0.05) is 26.2 Å². The Morgan fingerprint density at radius 1 is 1.20 bits per heavy atom. The lowest BCUT2D eigenvalue weighted by molar-refractivity contribution is 0.116. The van der Waals surface area contributed by atoms with E-state index in [0.717, 1.165) is 18.9 Å². The molecule has 0 amide bonds. The van der Waals surface area contributed by atoms with Crippen LogP contribution < -0.4 is 0 Å².